The fourth-order valence-electron chi connectivity index (χ4n) is 6.76. The molecule has 3 aromatic rings. The average Bonchev–Trinajstić information content (AvgIpc) is 3.72. The van der Waals surface area contributed by atoms with E-state index in [0.717, 1.165) is 57.7 Å². The fraction of sp³-hybridized carbons (Fsp3) is 0.500. The van der Waals surface area contributed by atoms with Crippen molar-refractivity contribution in [2.75, 3.05) is 25.4 Å². The Morgan fingerprint density at radius 1 is 1.10 bits per heavy atom. The van der Waals surface area contributed by atoms with E-state index in [2.05, 4.69) is 74.5 Å². The number of anilines is 1. The maximum absolute atomic E-state index is 14.3. The molecular weight excluding hydrogens is 542 g/mol. The molecule has 1 unspecified atom stereocenters. The average molecular weight is 586 g/mol. The molecule has 8 heteroatoms. The molecule has 42 heavy (non-hydrogen) atoms. The van der Waals surface area contributed by atoms with E-state index in [4.69, 9.17) is 14.7 Å². The van der Waals surface area contributed by atoms with Gasteiger partial charge in [-0.15, -0.1) is 0 Å². The summed E-state index contributed by atoms with van der Waals surface area (Å²) in [5.74, 6) is 1.60. The number of rotatable bonds is 6. The van der Waals surface area contributed by atoms with Crippen LogP contribution in [0.1, 0.15) is 73.0 Å². The van der Waals surface area contributed by atoms with Crippen LogP contribution in [0.5, 0.6) is 5.88 Å². The molecule has 7 nitrogen and oxygen atoms in total. The van der Waals surface area contributed by atoms with Gasteiger partial charge in [0.05, 0.1) is 17.3 Å². The molecule has 1 aromatic heterocycles. The van der Waals surface area contributed by atoms with E-state index in [-0.39, 0.29) is 18.0 Å². The van der Waals surface area contributed by atoms with Crippen molar-refractivity contribution in [2.24, 2.45) is 11.3 Å². The summed E-state index contributed by atoms with van der Waals surface area (Å²) in [5, 5.41) is 0. The van der Waals surface area contributed by atoms with Crippen LogP contribution in [0.4, 0.5) is 5.95 Å². The minimum absolute atomic E-state index is 0.0575. The number of amides is 1. The van der Waals surface area contributed by atoms with E-state index in [0.29, 0.717) is 36.3 Å². The Morgan fingerprint density at radius 2 is 1.81 bits per heavy atom. The van der Waals surface area contributed by atoms with Gasteiger partial charge in [0.1, 0.15) is 6.61 Å². The van der Waals surface area contributed by atoms with Crippen molar-refractivity contribution in [1.82, 2.24) is 19.8 Å². The molecule has 1 N–H and O–H groups in total. The first kappa shape index (κ1) is 29.0. The van der Waals surface area contributed by atoms with Crippen molar-refractivity contribution in [1.29, 1.82) is 0 Å². The molecule has 2 heterocycles. The third kappa shape index (κ3) is 5.88. The Balaban J connectivity index is 1.48. The summed E-state index contributed by atoms with van der Waals surface area (Å²) < 4.78 is 10.1. The Kier molecular flexibility index (Phi) is 7.96. The molecule has 4 bridgehead atoms. The van der Waals surface area contributed by atoms with Crippen molar-refractivity contribution < 1.29 is 9.53 Å². The first-order valence-corrected chi connectivity index (χ1v) is 16.0. The molecule has 1 atom stereocenters. The molecule has 6 rings (SSSR count). The first-order valence-electron chi connectivity index (χ1n) is 15.2. The molecular formula is C34H43N5O2S. The topological polar surface area (TPSA) is 70.6 Å². The van der Waals surface area contributed by atoms with Gasteiger partial charge < -0.3 is 14.5 Å². The lowest BCUT2D eigenvalue weighted by Crippen LogP contribution is -2.55. The smallest absolute Gasteiger partial charge is 0.254 e. The molecule has 2 aromatic carbocycles. The summed E-state index contributed by atoms with van der Waals surface area (Å²) in [7, 11) is 4.11. The number of aryl methyl sites for hydroxylation is 2. The van der Waals surface area contributed by atoms with Crippen molar-refractivity contribution in [3.8, 4) is 17.1 Å². The predicted molar refractivity (Wildman–Crippen MR) is 170 cm³/mol. The molecule has 0 saturated heterocycles. The standard InChI is InChI=1S/C34H43N5O2S/c1-21(2)15-25-20-41-31-28(19-38(5)6)30(29-22(3)9-7-10-23(29)4)35-33(36-31)37-42-27-12-8-11-24(16-27)32(40)39(25)26-17-34(18-26)13-14-34/h7-12,16,21,25-26H,13-15,17-20H2,1-6H3,(H,35,36,37). The first-order chi connectivity index (χ1) is 20.1. The summed E-state index contributed by atoms with van der Waals surface area (Å²) in [6.45, 7) is 9.75. The Bertz CT molecular complexity index is 1460. The van der Waals surface area contributed by atoms with Gasteiger partial charge in [0.15, 0.2) is 0 Å². The summed E-state index contributed by atoms with van der Waals surface area (Å²) in [5.41, 5.74) is 6.50. The van der Waals surface area contributed by atoms with Crippen molar-refractivity contribution in [3.05, 3.63) is 64.7 Å². The number of carbonyl (C=O) groups is 1. The Morgan fingerprint density at radius 3 is 2.48 bits per heavy atom. The summed E-state index contributed by atoms with van der Waals surface area (Å²) in [6.07, 6.45) is 5.67. The molecule has 1 amide bonds. The maximum atomic E-state index is 14.3. The highest BCUT2D eigenvalue weighted by Crippen LogP contribution is 2.62. The van der Waals surface area contributed by atoms with Gasteiger partial charge in [0, 0.05) is 28.6 Å². The number of nitrogens with zero attached hydrogens (tertiary/aromatic N) is 4. The van der Waals surface area contributed by atoms with Crippen LogP contribution in [0.3, 0.4) is 0 Å². The summed E-state index contributed by atoms with van der Waals surface area (Å²) in [4.78, 5) is 29.6. The van der Waals surface area contributed by atoms with Crippen LogP contribution in [-0.2, 0) is 6.54 Å². The zero-order valence-electron chi connectivity index (χ0n) is 25.7. The third-order valence-electron chi connectivity index (χ3n) is 8.97. The largest absolute Gasteiger partial charge is 0.475 e. The van der Waals surface area contributed by atoms with Gasteiger partial charge in [0.25, 0.3) is 5.91 Å². The van der Waals surface area contributed by atoms with Crippen LogP contribution >= 0.6 is 11.9 Å². The van der Waals surface area contributed by atoms with Crippen molar-refractivity contribution in [2.45, 2.75) is 83.3 Å². The second-order valence-corrected chi connectivity index (χ2v) is 14.2. The van der Waals surface area contributed by atoms with Gasteiger partial charge in [-0.25, -0.2) is 4.98 Å². The van der Waals surface area contributed by atoms with Crippen LogP contribution in [-0.4, -0.2) is 58.5 Å². The van der Waals surface area contributed by atoms with E-state index >= 15 is 0 Å². The maximum Gasteiger partial charge on any atom is 0.254 e. The minimum Gasteiger partial charge on any atom is -0.475 e. The van der Waals surface area contributed by atoms with E-state index in [9.17, 15) is 4.79 Å². The fourth-order valence-corrected chi connectivity index (χ4v) is 7.39. The molecule has 2 aliphatic carbocycles. The normalized spacial score (nSPS) is 20.0. The van der Waals surface area contributed by atoms with Crippen molar-refractivity contribution in [3.63, 3.8) is 0 Å². The SMILES string of the molecule is Cc1cccc(C)c1-c1nc2nc(c1CN(C)C)OCC(CC(C)C)N(C1CC3(CC3)C1)C(=O)c1cccc(c1)SN2. The lowest BCUT2D eigenvalue weighted by Gasteiger charge is -2.47. The molecule has 1 aliphatic heterocycles. The number of carbonyl (C=O) groups excluding carboxylic acids is 1. The molecule has 2 fully saturated rings. The summed E-state index contributed by atoms with van der Waals surface area (Å²) >= 11 is 1.43. The van der Waals surface area contributed by atoms with Gasteiger partial charge in [-0.2, -0.15) is 4.98 Å². The van der Waals surface area contributed by atoms with E-state index in [1.807, 2.05) is 24.3 Å². The van der Waals surface area contributed by atoms with E-state index in [1.165, 1.54) is 24.8 Å². The molecule has 222 valence electrons. The number of aromatic nitrogens is 2. The number of nitrogens with one attached hydrogen (secondary N) is 1. The molecule has 1 spiro atoms. The Hall–Kier alpha value is -3.10. The highest BCUT2D eigenvalue weighted by atomic mass is 32.2. The summed E-state index contributed by atoms with van der Waals surface area (Å²) in [6, 6.07) is 14.5. The van der Waals surface area contributed by atoms with Gasteiger partial charge in [-0.3, -0.25) is 9.52 Å². The van der Waals surface area contributed by atoms with E-state index < -0.39 is 0 Å². The molecule has 0 radical (unpaired) electrons. The number of fused-ring (bicyclic) bond motifs is 4. The van der Waals surface area contributed by atoms with Gasteiger partial charge in [-0.05, 0) is 113 Å². The number of benzene rings is 2. The second kappa shape index (κ2) is 11.5. The zero-order valence-corrected chi connectivity index (χ0v) is 26.6. The van der Waals surface area contributed by atoms with E-state index in [1.54, 1.807) is 0 Å². The van der Waals surface area contributed by atoms with Crippen LogP contribution in [0.2, 0.25) is 0 Å². The van der Waals surface area contributed by atoms with Crippen LogP contribution in [0, 0.1) is 25.2 Å². The number of hydrogen-bond donors (Lipinski definition) is 1. The lowest BCUT2D eigenvalue weighted by atomic mass is 9.75. The highest BCUT2D eigenvalue weighted by Gasteiger charge is 2.56. The lowest BCUT2D eigenvalue weighted by molar-refractivity contribution is 0.00906. The second-order valence-electron chi connectivity index (χ2n) is 13.3. The molecule has 3 aliphatic rings. The zero-order chi connectivity index (χ0) is 29.6. The minimum atomic E-state index is -0.0575. The third-order valence-corrected chi connectivity index (χ3v) is 9.75. The quantitative estimate of drug-likeness (QED) is 0.309. The van der Waals surface area contributed by atoms with Crippen LogP contribution in [0.15, 0.2) is 47.4 Å². The monoisotopic (exact) mass is 585 g/mol. The number of ether oxygens (including phenoxy) is 1. The predicted octanol–water partition coefficient (Wildman–Crippen LogP) is 7.13. The van der Waals surface area contributed by atoms with Crippen molar-refractivity contribution >= 4 is 23.8 Å². The van der Waals surface area contributed by atoms with Gasteiger partial charge >= 0.3 is 0 Å². The Labute approximate surface area is 254 Å². The molecule has 2 saturated carbocycles. The highest BCUT2D eigenvalue weighted by molar-refractivity contribution is 8.00. The number of hydrogen-bond acceptors (Lipinski definition) is 7. The van der Waals surface area contributed by atoms with Crippen LogP contribution < -0.4 is 9.46 Å². The van der Waals surface area contributed by atoms with Gasteiger partial charge in [0.2, 0.25) is 11.8 Å². The van der Waals surface area contributed by atoms with Gasteiger partial charge in [-0.1, -0.05) is 38.1 Å². The van der Waals surface area contributed by atoms with Crippen LogP contribution in [0.25, 0.3) is 11.3 Å².